The van der Waals surface area contributed by atoms with Crippen LogP contribution in [0.4, 0.5) is 0 Å². The first kappa shape index (κ1) is 15.0. The van der Waals surface area contributed by atoms with Crippen molar-refractivity contribution in [3.8, 4) is 0 Å². The van der Waals surface area contributed by atoms with Crippen LogP contribution in [0.2, 0.25) is 6.04 Å². The molecule has 1 nitrogen and oxygen atoms in total. The first-order valence-electron chi connectivity index (χ1n) is 7.58. The second kappa shape index (κ2) is 7.41. The van der Waals surface area contributed by atoms with Crippen molar-refractivity contribution in [3.05, 3.63) is 71.8 Å². The van der Waals surface area contributed by atoms with Crippen molar-refractivity contribution in [1.29, 1.82) is 0 Å². The molecule has 0 bridgehead atoms. The van der Waals surface area contributed by atoms with E-state index in [2.05, 4.69) is 74.5 Å². The largest absolute Gasteiger partial charge is 0.410 e. The Bertz CT molecular complexity index is 456. The van der Waals surface area contributed by atoms with Gasteiger partial charge in [0, 0.05) is 0 Å². The van der Waals surface area contributed by atoms with Crippen molar-refractivity contribution in [1.82, 2.24) is 0 Å². The molecule has 0 atom stereocenters. The highest BCUT2D eigenvalue weighted by Crippen LogP contribution is 2.36. The molecule has 0 radical (unpaired) electrons. The lowest BCUT2D eigenvalue weighted by molar-refractivity contribution is 0.112. The van der Waals surface area contributed by atoms with Crippen molar-refractivity contribution in [2.45, 2.75) is 38.3 Å². The van der Waals surface area contributed by atoms with Gasteiger partial charge >= 0.3 is 0 Å². The van der Waals surface area contributed by atoms with Crippen LogP contribution >= 0.6 is 0 Å². The third kappa shape index (κ3) is 3.19. The summed E-state index contributed by atoms with van der Waals surface area (Å²) in [7, 11) is -0.491. The minimum atomic E-state index is -0.491. The molecule has 20 heavy (non-hydrogen) atoms. The van der Waals surface area contributed by atoms with E-state index < -0.39 is 9.76 Å². The second-order valence-electron chi connectivity index (χ2n) is 5.11. The van der Waals surface area contributed by atoms with Crippen LogP contribution in [0.25, 0.3) is 0 Å². The Balaban J connectivity index is 2.41. The molecule has 2 aromatic carbocycles. The van der Waals surface area contributed by atoms with Gasteiger partial charge in [-0.25, -0.2) is 0 Å². The molecule has 0 aromatic heterocycles. The molecule has 0 fully saturated rings. The van der Waals surface area contributed by atoms with Gasteiger partial charge in [-0.15, -0.1) is 0 Å². The van der Waals surface area contributed by atoms with E-state index in [1.807, 2.05) is 0 Å². The molecule has 106 valence electrons. The maximum atomic E-state index is 6.53. The Hall–Kier alpha value is -1.38. The van der Waals surface area contributed by atoms with Gasteiger partial charge in [0.25, 0.3) is 0 Å². The van der Waals surface area contributed by atoms with Crippen molar-refractivity contribution in [2.24, 2.45) is 0 Å². The number of hydrogen-bond donors (Lipinski definition) is 0. The molecule has 0 aliphatic rings. The molecular formula is C18H24OSi. The lowest BCUT2D eigenvalue weighted by Crippen LogP contribution is -2.32. The molecule has 0 amide bonds. The molecule has 0 unspecified atom stereocenters. The van der Waals surface area contributed by atoms with Crippen LogP contribution in [-0.2, 0) is 10.0 Å². The Morgan fingerprint density at radius 3 is 1.75 bits per heavy atom. The Morgan fingerprint density at radius 1 is 0.850 bits per heavy atom. The maximum Gasteiger partial charge on any atom is 0.163 e. The normalized spacial score (nSPS) is 12.1. The van der Waals surface area contributed by atoms with E-state index in [0.717, 1.165) is 6.42 Å². The molecule has 2 rings (SSSR count). The first-order chi connectivity index (χ1) is 9.83. The average Bonchev–Trinajstić information content (AvgIpc) is 2.54. The summed E-state index contributed by atoms with van der Waals surface area (Å²) in [5.74, 6) is 0. The summed E-state index contributed by atoms with van der Waals surface area (Å²) < 4.78 is 6.53. The highest BCUT2D eigenvalue weighted by atomic mass is 28.2. The van der Waals surface area contributed by atoms with Crippen LogP contribution < -0.4 is 0 Å². The molecule has 0 heterocycles. The van der Waals surface area contributed by atoms with Crippen molar-refractivity contribution in [2.75, 3.05) is 0 Å². The van der Waals surface area contributed by atoms with Gasteiger partial charge in [0.1, 0.15) is 5.60 Å². The van der Waals surface area contributed by atoms with Gasteiger partial charge in [-0.2, -0.15) is 0 Å². The van der Waals surface area contributed by atoms with E-state index in [-0.39, 0.29) is 5.60 Å². The SMILES string of the molecule is CCC[SiH2]OC(CC)(c1ccccc1)c1ccccc1. The predicted octanol–water partition coefficient (Wildman–Crippen LogP) is 4.27. The molecule has 0 spiro atoms. The zero-order valence-electron chi connectivity index (χ0n) is 12.5. The summed E-state index contributed by atoms with van der Waals surface area (Å²) in [5, 5.41) is 0. The highest BCUT2D eigenvalue weighted by molar-refractivity contribution is 6.27. The summed E-state index contributed by atoms with van der Waals surface area (Å²) in [4.78, 5) is 0. The summed E-state index contributed by atoms with van der Waals surface area (Å²) >= 11 is 0. The minimum absolute atomic E-state index is 0.260. The summed E-state index contributed by atoms with van der Waals surface area (Å²) in [6.45, 7) is 4.45. The van der Waals surface area contributed by atoms with Gasteiger partial charge < -0.3 is 4.43 Å². The molecule has 0 saturated heterocycles. The van der Waals surface area contributed by atoms with Gasteiger partial charge in [-0.05, 0) is 23.6 Å². The number of rotatable bonds is 7. The van der Waals surface area contributed by atoms with E-state index in [0.29, 0.717) is 0 Å². The van der Waals surface area contributed by atoms with Crippen molar-refractivity contribution >= 4 is 9.76 Å². The number of benzene rings is 2. The fourth-order valence-corrected chi connectivity index (χ4v) is 3.97. The first-order valence-corrected chi connectivity index (χ1v) is 9.16. The Morgan fingerprint density at radius 2 is 1.35 bits per heavy atom. The standard InChI is InChI=1S/C18H24OSi/c1-3-15-20-19-18(4-2,16-11-7-5-8-12-16)17-13-9-6-10-14-17/h5-14H,3-4,15,20H2,1-2H3. The van der Waals surface area contributed by atoms with Crippen LogP contribution in [0, 0.1) is 0 Å². The Kier molecular flexibility index (Phi) is 5.56. The van der Waals surface area contributed by atoms with E-state index in [9.17, 15) is 0 Å². The van der Waals surface area contributed by atoms with Gasteiger partial charge in [0.05, 0.1) is 0 Å². The second-order valence-corrected chi connectivity index (χ2v) is 6.52. The molecule has 0 N–H and O–H groups in total. The monoisotopic (exact) mass is 284 g/mol. The lowest BCUT2D eigenvalue weighted by atomic mass is 9.84. The quantitative estimate of drug-likeness (QED) is 0.545. The predicted molar refractivity (Wildman–Crippen MR) is 88.7 cm³/mol. The van der Waals surface area contributed by atoms with Gasteiger partial charge in [-0.1, -0.05) is 80.9 Å². The molecule has 0 saturated carbocycles. The highest BCUT2D eigenvalue weighted by Gasteiger charge is 2.32. The van der Waals surface area contributed by atoms with Crippen LogP contribution in [-0.4, -0.2) is 9.76 Å². The topological polar surface area (TPSA) is 9.23 Å². The maximum absolute atomic E-state index is 6.53. The molecular weight excluding hydrogens is 260 g/mol. The molecule has 2 aromatic rings. The van der Waals surface area contributed by atoms with Crippen LogP contribution in [0.1, 0.15) is 37.8 Å². The zero-order valence-corrected chi connectivity index (χ0v) is 13.9. The van der Waals surface area contributed by atoms with E-state index in [4.69, 9.17) is 4.43 Å². The smallest absolute Gasteiger partial charge is 0.163 e. The lowest BCUT2D eigenvalue weighted by Gasteiger charge is -2.35. The number of hydrogen-bond acceptors (Lipinski definition) is 1. The molecule has 2 heteroatoms. The van der Waals surface area contributed by atoms with Crippen molar-refractivity contribution in [3.63, 3.8) is 0 Å². The minimum Gasteiger partial charge on any atom is -0.410 e. The fraction of sp³-hybridized carbons (Fsp3) is 0.333. The molecule has 0 aliphatic carbocycles. The summed E-state index contributed by atoms with van der Waals surface area (Å²) in [6.07, 6.45) is 2.19. The van der Waals surface area contributed by atoms with E-state index in [1.54, 1.807) is 0 Å². The third-order valence-electron chi connectivity index (χ3n) is 3.82. The van der Waals surface area contributed by atoms with E-state index in [1.165, 1.54) is 23.6 Å². The third-order valence-corrected chi connectivity index (χ3v) is 5.52. The average molecular weight is 284 g/mol. The summed E-state index contributed by atoms with van der Waals surface area (Å²) in [6, 6.07) is 22.6. The zero-order chi connectivity index (χ0) is 14.3. The van der Waals surface area contributed by atoms with Crippen molar-refractivity contribution < 1.29 is 4.43 Å². The Labute approximate surface area is 124 Å². The van der Waals surface area contributed by atoms with Gasteiger partial charge in [0.15, 0.2) is 9.76 Å². The van der Waals surface area contributed by atoms with Gasteiger partial charge in [0.2, 0.25) is 0 Å². The fourth-order valence-electron chi connectivity index (χ4n) is 2.65. The van der Waals surface area contributed by atoms with Crippen LogP contribution in [0.3, 0.4) is 0 Å². The summed E-state index contributed by atoms with van der Waals surface area (Å²) in [5.41, 5.74) is 2.29. The van der Waals surface area contributed by atoms with Crippen LogP contribution in [0.15, 0.2) is 60.7 Å². The molecule has 0 aliphatic heterocycles. The van der Waals surface area contributed by atoms with Gasteiger partial charge in [-0.3, -0.25) is 0 Å². The van der Waals surface area contributed by atoms with E-state index >= 15 is 0 Å². The van der Waals surface area contributed by atoms with Crippen LogP contribution in [0.5, 0.6) is 0 Å².